The van der Waals surface area contributed by atoms with Crippen LogP contribution in [0.5, 0.6) is 0 Å². The lowest BCUT2D eigenvalue weighted by Gasteiger charge is -2.28. The van der Waals surface area contributed by atoms with Gasteiger partial charge in [-0.3, -0.25) is 0 Å². The van der Waals surface area contributed by atoms with E-state index in [1.165, 1.54) is 25.7 Å². The molecule has 1 aliphatic rings. The van der Waals surface area contributed by atoms with Crippen molar-refractivity contribution in [1.82, 2.24) is 5.32 Å². The van der Waals surface area contributed by atoms with E-state index in [0.29, 0.717) is 18.3 Å². The average Bonchev–Trinajstić information content (AvgIpc) is 2.90. The highest BCUT2D eigenvalue weighted by atomic mass is 32.2. The Morgan fingerprint density at radius 3 is 2.82 bits per heavy atom. The summed E-state index contributed by atoms with van der Waals surface area (Å²) < 4.78 is 5.18. The zero-order valence-electron chi connectivity index (χ0n) is 10.3. The Morgan fingerprint density at radius 1 is 1.47 bits per heavy atom. The molecule has 1 aliphatic carbocycles. The van der Waals surface area contributed by atoms with Crippen LogP contribution in [0, 0.1) is 0 Å². The molecule has 0 aromatic carbocycles. The normalized spacial score (nSPS) is 26.9. The first-order valence-electron chi connectivity index (χ1n) is 6.27. The number of aliphatic hydroxyl groups is 1. The molecule has 1 saturated carbocycles. The van der Waals surface area contributed by atoms with Crippen LogP contribution in [0.15, 0.2) is 22.8 Å². The van der Waals surface area contributed by atoms with E-state index in [-0.39, 0.29) is 0 Å². The summed E-state index contributed by atoms with van der Waals surface area (Å²) in [6.45, 7) is 0.585. The minimum Gasteiger partial charge on any atom is -0.467 e. The van der Waals surface area contributed by atoms with Crippen LogP contribution in [0.25, 0.3) is 0 Å². The zero-order chi connectivity index (χ0) is 12.1. The van der Waals surface area contributed by atoms with E-state index >= 15 is 0 Å². The van der Waals surface area contributed by atoms with E-state index in [0.717, 1.165) is 5.25 Å². The molecule has 0 saturated heterocycles. The van der Waals surface area contributed by atoms with Gasteiger partial charge in [-0.15, -0.1) is 0 Å². The van der Waals surface area contributed by atoms with Crippen molar-refractivity contribution in [2.75, 3.05) is 12.8 Å². The van der Waals surface area contributed by atoms with Gasteiger partial charge >= 0.3 is 0 Å². The Morgan fingerprint density at radius 2 is 2.24 bits per heavy atom. The van der Waals surface area contributed by atoms with Gasteiger partial charge < -0.3 is 14.8 Å². The smallest absolute Gasteiger partial charge is 0.133 e. The van der Waals surface area contributed by atoms with E-state index in [4.69, 9.17) is 4.42 Å². The van der Waals surface area contributed by atoms with Crippen LogP contribution >= 0.6 is 11.8 Å². The number of hydrogen-bond donors (Lipinski definition) is 2. The minimum absolute atomic E-state index is 0.525. The van der Waals surface area contributed by atoms with Crippen LogP contribution < -0.4 is 5.32 Å². The van der Waals surface area contributed by atoms with Crippen LogP contribution in [-0.2, 0) is 0 Å². The van der Waals surface area contributed by atoms with Gasteiger partial charge in [-0.1, -0.05) is 0 Å². The molecule has 1 atom stereocenters. The van der Waals surface area contributed by atoms with Gasteiger partial charge in [-0.25, -0.2) is 0 Å². The number of furan rings is 1. The molecular weight excluding hydrogens is 234 g/mol. The second kappa shape index (κ2) is 6.47. The fourth-order valence-electron chi connectivity index (χ4n) is 2.36. The molecule has 0 bridgehead atoms. The van der Waals surface area contributed by atoms with E-state index in [1.54, 1.807) is 6.26 Å². The molecule has 0 aliphatic heterocycles. The molecule has 96 valence electrons. The standard InChI is InChI=1S/C13H21NO2S/c1-17-11-6-4-10(5-7-11)14-9-12(15)13-3-2-8-16-13/h2-3,8,10-12,14-15H,4-7,9H2,1H3. The minimum atomic E-state index is -0.525. The summed E-state index contributed by atoms with van der Waals surface area (Å²) in [5.41, 5.74) is 0. The van der Waals surface area contributed by atoms with Gasteiger partial charge in [0, 0.05) is 17.8 Å². The molecule has 0 amide bonds. The van der Waals surface area contributed by atoms with Crippen LogP contribution in [0.4, 0.5) is 0 Å². The van der Waals surface area contributed by atoms with Gasteiger partial charge in [-0.2, -0.15) is 11.8 Å². The van der Waals surface area contributed by atoms with Crippen molar-refractivity contribution in [3.63, 3.8) is 0 Å². The molecule has 2 N–H and O–H groups in total. The van der Waals surface area contributed by atoms with Crippen molar-refractivity contribution < 1.29 is 9.52 Å². The summed E-state index contributed by atoms with van der Waals surface area (Å²) >= 11 is 1.98. The summed E-state index contributed by atoms with van der Waals surface area (Å²) in [6.07, 6.45) is 8.28. The Labute approximate surface area is 107 Å². The van der Waals surface area contributed by atoms with Gasteiger partial charge in [0.25, 0.3) is 0 Å². The summed E-state index contributed by atoms with van der Waals surface area (Å²) in [4.78, 5) is 0. The van der Waals surface area contributed by atoms with E-state index in [1.807, 2.05) is 23.9 Å². The number of hydrogen-bond acceptors (Lipinski definition) is 4. The van der Waals surface area contributed by atoms with Crippen molar-refractivity contribution in [1.29, 1.82) is 0 Å². The molecule has 1 aromatic heterocycles. The quantitative estimate of drug-likeness (QED) is 0.849. The molecule has 3 nitrogen and oxygen atoms in total. The largest absolute Gasteiger partial charge is 0.467 e. The first-order chi connectivity index (χ1) is 8.29. The second-order valence-corrected chi connectivity index (χ2v) is 5.79. The van der Waals surface area contributed by atoms with E-state index < -0.39 is 6.10 Å². The van der Waals surface area contributed by atoms with E-state index in [2.05, 4.69) is 11.6 Å². The molecular formula is C13H21NO2S. The third kappa shape index (κ3) is 3.76. The Balaban J connectivity index is 1.69. The van der Waals surface area contributed by atoms with Crippen molar-refractivity contribution >= 4 is 11.8 Å². The van der Waals surface area contributed by atoms with Crippen molar-refractivity contribution in [2.24, 2.45) is 0 Å². The van der Waals surface area contributed by atoms with E-state index in [9.17, 15) is 5.11 Å². The summed E-state index contributed by atoms with van der Waals surface area (Å²) in [5.74, 6) is 0.648. The number of aliphatic hydroxyl groups excluding tert-OH is 1. The van der Waals surface area contributed by atoms with Crippen molar-refractivity contribution in [3.8, 4) is 0 Å². The fraction of sp³-hybridized carbons (Fsp3) is 0.692. The maximum absolute atomic E-state index is 9.88. The highest BCUT2D eigenvalue weighted by Crippen LogP contribution is 2.27. The van der Waals surface area contributed by atoms with Crippen LogP contribution in [-0.4, -0.2) is 29.2 Å². The lowest BCUT2D eigenvalue weighted by atomic mass is 9.95. The predicted molar refractivity (Wildman–Crippen MR) is 71.2 cm³/mol. The highest BCUT2D eigenvalue weighted by Gasteiger charge is 2.21. The van der Waals surface area contributed by atoms with Crippen LogP contribution in [0.2, 0.25) is 0 Å². The Kier molecular flexibility index (Phi) is 4.95. The van der Waals surface area contributed by atoms with Crippen LogP contribution in [0.3, 0.4) is 0 Å². The molecule has 0 spiro atoms. The van der Waals surface area contributed by atoms with Gasteiger partial charge in [0.05, 0.1) is 6.26 Å². The zero-order valence-corrected chi connectivity index (χ0v) is 11.1. The number of rotatable bonds is 5. The number of nitrogens with one attached hydrogen (secondary N) is 1. The molecule has 1 unspecified atom stereocenters. The SMILES string of the molecule is CSC1CCC(NCC(O)c2ccco2)CC1. The van der Waals surface area contributed by atoms with Crippen LogP contribution in [0.1, 0.15) is 37.5 Å². The summed E-state index contributed by atoms with van der Waals surface area (Å²) in [5, 5.41) is 14.1. The Bertz CT molecular complexity index is 307. The molecule has 1 heterocycles. The molecule has 1 fully saturated rings. The average molecular weight is 255 g/mol. The van der Waals surface area contributed by atoms with Gasteiger partial charge in [-0.05, 0) is 44.1 Å². The molecule has 17 heavy (non-hydrogen) atoms. The summed E-state index contributed by atoms with van der Waals surface area (Å²) in [7, 11) is 0. The van der Waals surface area contributed by atoms with Gasteiger partial charge in [0.1, 0.15) is 11.9 Å². The number of thioether (sulfide) groups is 1. The topological polar surface area (TPSA) is 45.4 Å². The lowest BCUT2D eigenvalue weighted by Crippen LogP contribution is -2.36. The molecule has 0 radical (unpaired) electrons. The molecule has 2 rings (SSSR count). The highest BCUT2D eigenvalue weighted by molar-refractivity contribution is 7.99. The molecule has 4 heteroatoms. The van der Waals surface area contributed by atoms with Gasteiger partial charge in [0.2, 0.25) is 0 Å². The summed E-state index contributed by atoms with van der Waals surface area (Å²) in [6, 6.07) is 4.18. The third-order valence-electron chi connectivity index (χ3n) is 3.48. The molecule has 1 aromatic rings. The second-order valence-electron chi connectivity index (χ2n) is 4.65. The lowest BCUT2D eigenvalue weighted by molar-refractivity contribution is 0.140. The maximum Gasteiger partial charge on any atom is 0.133 e. The fourth-order valence-corrected chi connectivity index (χ4v) is 3.11. The van der Waals surface area contributed by atoms with Crippen molar-refractivity contribution in [3.05, 3.63) is 24.2 Å². The van der Waals surface area contributed by atoms with Crippen molar-refractivity contribution in [2.45, 2.75) is 43.1 Å². The first kappa shape index (κ1) is 13.0. The first-order valence-corrected chi connectivity index (χ1v) is 7.56. The van der Waals surface area contributed by atoms with Gasteiger partial charge in [0.15, 0.2) is 0 Å². The Hall–Kier alpha value is -0.450. The monoisotopic (exact) mass is 255 g/mol. The maximum atomic E-state index is 9.88. The predicted octanol–water partition coefficient (Wildman–Crippen LogP) is 2.58. The third-order valence-corrected chi connectivity index (χ3v) is 4.62.